The fourth-order valence-corrected chi connectivity index (χ4v) is 7.00. The molecule has 9 nitrogen and oxygen atoms in total. The largest absolute Gasteiger partial charge is 0.368 e. The van der Waals surface area contributed by atoms with Gasteiger partial charge in [-0.3, -0.25) is 24.7 Å². The monoisotopic (exact) mass is 545 g/mol. The number of benzene rings is 3. The minimum Gasteiger partial charge on any atom is -0.368 e. The summed E-state index contributed by atoms with van der Waals surface area (Å²) >= 11 is 0. The van der Waals surface area contributed by atoms with Gasteiger partial charge in [0.2, 0.25) is 5.91 Å². The smallest absolute Gasteiger partial charge is 0.325 e. The average molecular weight is 546 g/mol. The Bertz CT molecular complexity index is 1470. The van der Waals surface area contributed by atoms with Gasteiger partial charge in [0.05, 0.1) is 4.92 Å². The zero-order chi connectivity index (χ0) is 28.0. The number of amides is 3. The van der Waals surface area contributed by atoms with Gasteiger partial charge in [0.25, 0.3) is 5.69 Å². The van der Waals surface area contributed by atoms with E-state index in [9.17, 15) is 24.1 Å². The molecule has 2 unspecified atom stereocenters. The zero-order valence-electron chi connectivity index (χ0n) is 22.1. The number of carbonyl (C=O) groups is 2. The maximum atomic E-state index is 14.1. The van der Waals surface area contributed by atoms with Crippen molar-refractivity contribution in [2.24, 2.45) is 5.73 Å². The summed E-state index contributed by atoms with van der Waals surface area (Å²) < 4.78 is 13.6. The molecule has 2 bridgehead atoms. The Morgan fingerprint density at radius 2 is 1.70 bits per heavy atom. The minimum atomic E-state index is -0.712. The van der Waals surface area contributed by atoms with Crippen LogP contribution in [0.25, 0.3) is 10.8 Å². The molecule has 0 aliphatic carbocycles. The van der Waals surface area contributed by atoms with Crippen LogP contribution < -0.4 is 10.6 Å². The van der Waals surface area contributed by atoms with E-state index in [1.54, 1.807) is 29.2 Å². The van der Waals surface area contributed by atoms with Crippen molar-refractivity contribution in [1.29, 1.82) is 0 Å². The molecule has 40 heavy (non-hydrogen) atoms. The molecule has 0 spiro atoms. The molecule has 3 aliphatic rings. The molecular weight excluding hydrogens is 513 g/mol. The summed E-state index contributed by atoms with van der Waals surface area (Å²) in [6.07, 6.45) is 4.45. The lowest BCUT2D eigenvalue weighted by Gasteiger charge is -2.44. The SMILES string of the molecule is NC(=O)C1CCCN1C(=O)N(c1ccccc1[N+](=O)[O-])C1C[C@H]2CC[C@@H](C1)N2Cc1ccc2cc(F)ccc2c1. The van der Waals surface area contributed by atoms with Gasteiger partial charge in [-0.05, 0) is 79.1 Å². The van der Waals surface area contributed by atoms with Crippen molar-refractivity contribution in [3.63, 3.8) is 0 Å². The van der Waals surface area contributed by atoms with E-state index in [0.717, 1.165) is 35.7 Å². The predicted molar refractivity (Wildman–Crippen MR) is 149 cm³/mol. The number of nitrogens with two attached hydrogens (primary N) is 1. The van der Waals surface area contributed by atoms with Crippen molar-refractivity contribution in [3.05, 3.63) is 82.2 Å². The van der Waals surface area contributed by atoms with Crippen molar-refractivity contribution >= 4 is 34.1 Å². The molecule has 0 radical (unpaired) electrons. The number of nitro benzene ring substituents is 1. The van der Waals surface area contributed by atoms with E-state index in [4.69, 9.17) is 5.73 Å². The Balaban J connectivity index is 1.28. The average Bonchev–Trinajstić information content (AvgIpc) is 3.51. The van der Waals surface area contributed by atoms with Crippen LogP contribution in [0.4, 0.5) is 20.6 Å². The normalized spacial score (nSPS) is 24.4. The summed E-state index contributed by atoms with van der Waals surface area (Å²) in [5, 5.41) is 13.8. The van der Waals surface area contributed by atoms with E-state index in [-0.39, 0.29) is 35.3 Å². The molecule has 3 heterocycles. The van der Waals surface area contributed by atoms with E-state index < -0.39 is 22.9 Å². The first-order chi connectivity index (χ1) is 19.3. The molecule has 3 amide bonds. The number of primary amides is 1. The predicted octanol–water partition coefficient (Wildman–Crippen LogP) is 4.96. The summed E-state index contributed by atoms with van der Waals surface area (Å²) in [7, 11) is 0. The number of likely N-dealkylation sites (tertiary alicyclic amines) is 1. The Morgan fingerprint density at radius 1 is 1.00 bits per heavy atom. The van der Waals surface area contributed by atoms with Crippen LogP contribution >= 0.6 is 0 Å². The topological polar surface area (TPSA) is 113 Å². The van der Waals surface area contributed by atoms with Gasteiger partial charge in [0.15, 0.2) is 0 Å². The minimum absolute atomic E-state index is 0.131. The molecule has 10 heteroatoms. The van der Waals surface area contributed by atoms with Crippen molar-refractivity contribution in [2.45, 2.75) is 69.2 Å². The Hall–Kier alpha value is -4.05. The van der Waals surface area contributed by atoms with E-state index in [1.165, 1.54) is 23.1 Å². The lowest BCUT2D eigenvalue weighted by molar-refractivity contribution is -0.384. The van der Waals surface area contributed by atoms with Gasteiger partial charge in [0.1, 0.15) is 17.5 Å². The van der Waals surface area contributed by atoms with Crippen LogP contribution in [0.1, 0.15) is 44.1 Å². The molecule has 0 saturated carbocycles. The molecule has 208 valence electrons. The van der Waals surface area contributed by atoms with Crippen molar-refractivity contribution in [3.8, 4) is 0 Å². The number of rotatable bonds is 6. The summed E-state index contributed by atoms with van der Waals surface area (Å²) in [6, 6.07) is 16.3. The molecule has 6 rings (SSSR count). The highest BCUT2D eigenvalue weighted by molar-refractivity contribution is 5.98. The number of piperidine rings is 1. The van der Waals surface area contributed by atoms with Gasteiger partial charge in [-0.1, -0.05) is 30.3 Å². The highest BCUT2D eigenvalue weighted by Crippen LogP contribution is 2.42. The van der Waals surface area contributed by atoms with Crippen LogP contribution in [0.5, 0.6) is 0 Å². The van der Waals surface area contributed by atoms with E-state index in [0.29, 0.717) is 32.2 Å². The number of nitrogens with zero attached hydrogens (tertiary/aromatic N) is 4. The molecule has 2 N–H and O–H groups in total. The second-order valence-electron chi connectivity index (χ2n) is 11.2. The third kappa shape index (κ3) is 4.77. The molecule has 3 aliphatic heterocycles. The fraction of sp³-hybridized carbons (Fsp3) is 0.400. The summed E-state index contributed by atoms with van der Waals surface area (Å²) in [5.41, 5.74) is 6.89. The second kappa shape index (κ2) is 10.5. The van der Waals surface area contributed by atoms with Crippen molar-refractivity contribution in [2.75, 3.05) is 11.4 Å². The molecule has 0 aromatic heterocycles. The number of fused-ring (bicyclic) bond motifs is 3. The Morgan fingerprint density at radius 3 is 2.42 bits per heavy atom. The Kier molecular flexibility index (Phi) is 6.87. The summed E-state index contributed by atoms with van der Waals surface area (Å²) in [6.45, 7) is 1.13. The van der Waals surface area contributed by atoms with Gasteiger partial charge in [0, 0.05) is 37.3 Å². The fourth-order valence-electron chi connectivity index (χ4n) is 7.00. The molecule has 3 fully saturated rings. The molecular formula is C30H32FN5O4. The number of anilines is 1. The number of para-hydroxylation sites is 2. The molecule has 3 aromatic carbocycles. The van der Waals surface area contributed by atoms with Crippen LogP contribution in [-0.2, 0) is 11.3 Å². The van der Waals surface area contributed by atoms with E-state index in [2.05, 4.69) is 11.0 Å². The first-order valence-electron chi connectivity index (χ1n) is 13.9. The van der Waals surface area contributed by atoms with E-state index >= 15 is 0 Å². The number of hydrogen-bond acceptors (Lipinski definition) is 5. The number of nitro groups is 1. The molecule has 4 atom stereocenters. The third-order valence-corrected chi connectivity index (χ3v) is 8.83. The summed E-state index contributed by atoms with van der Waals surface area (Å²) in [5.74, 6) is -0.810. The zero-order valence-corrected chi connectivity index (χ0v) is 22.1. The van der Waals surface area contributed by atoms with Crippen LogP contribution in [0, 0.1) is 15.9 Å². The quantitative estimate of drug-likeness (QED) is 0.348. The maximum absolute atomic E-state index is 14.1. The van der Waals surface area contributed by atoms with Crippen molar-refractivity contribution < 1.29 is 18.9 Å². The van der Waals surface area contributed by atoms with Crippen LogP contribution in [0.3, 0.4) is 0 Å². The molecule has 3 saturated heterocycles. The number of hydrogen-bond donors (Lipinski definition) is 1. The van der Waals surface area contributed by atoms with E-state index in [1.807, 2.05) is 12.1 Å². The highest BCUT2D eigenvalue weighted by atomic mass is 19.1. The number of halogens is 1. The second-order valence-corrected chi connectivity index (χ2v) is 11.2. The maximum Gasteiger partial charge on any atom is 0.325 e. The summed E-state index contributed by atoms with van der Waals surface area (Å²) in [4.78, 5) is 43.3. The number of urea groups is 1. The molecule has 3 aromatic rings. The van der Waals surface area contributed by atoms with Gasteiger partial charge >= 0.3 is 6.03 Å². The first kappa shape index (κ1) is 26.2. The van der Waals surface area contributed by atoms with Crippen molar-refractivity contribution in [1.82, 2.24) is 9.80 Å². The third-order valence-electron chi connectivity index (χ3n) is 8.83. The van der Waals surface area contributed by atoms with Gasteiger partial charge in [-0.15, -0.1) is 0 Å². The standard InChI is InChI=1S/C30H32FN5O4/c31-22-10-9-20-14-19(7-8-21(20)15-22)18-34-23-11-12-24(34)17-25(16-23)35(26-4-1-2-5-27(26)36(39)40)30(38)33-13-3-6-28(33)29(32)37/h1-2,4-5,7-10,14-15,23-25,28H,3,6,11-13,16-18H2,(H2,32,37)/t23-,24+,25?,28?. The van der Waals surface area contributed by atoms with Gasteiger partial charge in [-0.2, -0.15) is 0 Å². The van der Waals surface area contributed by atoms with Crippen LogP contribution in [0.2, 0.25) is 0 Å². The lowest BCUT2D eigenvalue weighted by Crippen LogP contribution is -2.57. The number of carbonyl (C=O) groups excluding carboxylic acids is 2. The van der Waals surface area contributed by atoms with Gasteiger partial charge < -0.3 is 10.6 Å². The van der Waals surface area contributed by atoms with Crippen LogP contribution in [0.15, 0.2) is 60.7 Å². The first-order valence-corrected chi connectivity index (χ1v) is 13.9. The lowest BCUT2D eigenvalue weighted by atomic mass is 9.94. The Labute approximate surface area is 231 Å². The highest BCUT2D eigenvalue weighted by Gasteiger charge is 2.46. The van der Waals surface area contributed by atoms with Gasteiger partial charge in [-0.25, -0.2) is 9.18 Å². The van der Waals surface area contributed by atoms with Crippen LogP contribution in [-0.4, -0.2) is 57.4 Å².